The van der Waals surface area contributed by atoms with Crippen LogP contribution in [-0.2, 0) is 0 Å². The van der Waals surface area contributed by atoms with E-state index >= 15 is 0 Å². The first-order chi connectivity index (χ1) is 8.63. The lowest BCUT2D eigenvalue weighted by Crippen LogP contribution is -2.39. The van der Waals surface area contributed by atoms with Gasteiger partial charge in [-0.2, -0.15) is 0 Å². The molecule has 1 atom stereocenters. The molecule has 2 N–H and O–H groups in total. The Morgan fingerprint density at radius 2 is 1.83 bits per heavy atom. The van der Waals surface area contributed by atoms with Crippen LogP contribution in [0.5, 0.6) is 0 Å². The third-order valence-corrected chi connectivity index (χ3v) is 4.10. The van der Waals surface area contributed by atoms with Crippen LogP contribution in [0.25, 0.3) is 0 Å². The lowest BCUT2D eigenvalue weighted by Gasteiger charge is -2.26. The second-order valence-corrected chi connectivity index (χ2v) is 5.68. The van der Waals surface area contributed by atoms with Crippen LogP contribution in [0.15, 0.2) is 24.3 Å². The molecular formula is C16H25NO. The highest BCUT2D eigenvalue weighted by molar-refractivity contribution is 5.24. The van der Waals surface area contributed by atoms with Crippen LogP contribution in [-0.4, -0.2) is 17.3 Å². The fraction of sp³-hybridized carbons (Fsp3) is 0.625. The number of aliphatic hydroxyl groups is 1. The SMILES string of the molecule is CCC(NCC1(O)CCCC1)c1ccc(C)cc1. The molecule has 1 fully saturated rings. The molecule has 2 heteroatoms. The molecule has 1 aliphatic rings. The Labute approximate surface area is 110 Å². The van der Waals surface area contributed by atoms with Crippen LogP contribution in [0.3, 0.4) is 0 Å². The molecular weight excluding hydrogens is 222 g/mol. The minimum atomic E-state index is -0.460. The molecule has 1 unspecified atom stereocenters. The average Bonchev–Trinajstić information content (AvgIpc) is 2.79. The van der Waals surface area contributed by atoms with Crippen molar-refractivity contribution in [2.24, 2.45) is 0 Å². The van der Waals surface area contributed by atoms with E-state index < -0.39 is 5.60 Å². The molecule has 0 bridgehead atoms. The van der Waals surface area contributed by atoms with E-state index in [0.717, 1.165) is 25.8 Å². The van der Waals surface area contributed by atoms with Gasteiger partial charge in [0.25, 0.3) is 0 Å². The Hall–Kier alpha value is -0.860. The Balaban J connectivity index is 1.95. The lowest BCUT2D eigenvalue weighted by molar-refractivity contribution is 0.0446. The number of nitrogens with one attached hydrogen (secondary N) is 1. The summed E-state index contributed by atoms with van der Waals surface area (Å²) in [6.07, 6.45) is 5.28. The van der Waals surface area contributed by atoms with E-state index in [1.54, 1.807) is 0 Å². The summed E-state index contributed by atoms with van der Waals surface area (Å²) in [5.41, 5.74) is 2.16. The molecule has 18 heavy (non-hydrogen) atoms. The van der Waals surface area contributed by atoms with E-state index in [1.165, 1.54) is 24.0 Å². The van der Waals surface area contributed by atoms with Crippen molar-refractivity contribution in [2.45, 2.75) is 57.6 Å². The second kappa shape index (κ2) is 5.85. The Morgan fingerprint density at radius 1 is 1.22 bits per heavy atom. The fourth-order valence-corrected chi connectivity index (χ4v) is 2.82. The van der Waals surface area contributed by atoms with E-state index in [0.29, 0.717) is 6.04 Å². The minimum Gasteiger partial charge on any atom is -0.389 e. The summed E-state index contributed by atoms with van der Waals surface area (Å²) in [7, 11) is 0. The quantitative estimate of drug-likeness (QED) is 0.836. The maximum absolute atomic E-state index is 10.4. The first-order valence-electron chi connectivity index (χ1n) is 7.15. The van der Waals surface area contributed by atoms with E-state index in [4.69, 9.17) is 0 Å². The third-order valence-electron chi connectivity index (χ3n) is 4.10. The minimum absolute atomic E-state index is 0.357. The second-order valence-electron chi connectivity index (χ2n) is 5.68. The fourth-order valence-electron chi connectivity index (χ4n) is 2.82. The third kappa shape index (κ3) is 3.33. The predicted molar refractivity (Wildman–Crippen MR) is 75.6 cm³/mol. The molecule has 100 valence electrons. The smallest absolute Gasteiger partial charge is 0.0771 e. The van der Waals surface area contributed by atoms with Crippen LogP contribution < -0.4 is 5.32 Å². The molecule has 0 aliphatic heterocycles. The molecule has 1 aromatic rings. The summed E-state index contributed by atoms with van der Waals surface area (Å²) in [6, 6.07) is 9.05. The van der Waals surface area contributed by atoms with E-state index in [-0.39, 0.29) is 0 Å². The maximum Gasteiger partial charge on any atom is 0.0771 e. The zero-order chi connectivity index (χ0) is 13.0. The molecule has 0 heterocycles. The molecule has 2 rings (SSSR count). The van der Waals surface area contributed by atoms with Crippen molar-refractivity contribution >= 4 is 0 Å². The molecule has 1 aliphatic carbocycles. The topological polar surface area (TPSA) is 32.3 Å². The van der Waals surface area contributed by atoms with Crippen molar-refractivity contribution in [2.75, 3.05) is 6.54 Å². The number of hydrogen-bond donors (Lipinski definition) is 2. The van der Waals surface area contributed by atoms with Gasteiger partial charge in [-0.3, -0.25) is 0 Å². The first kappa shape index (κ1) is 13.6. The van der Waals surface area contributed by atoms with Crippen molar-refractivity contribution in [3.05, 3.63) is 35.4 Å². The lowest BCUT2D eigenvalue weighted by atomic mass is 9.99. The van der Waals surface area contributed by atoms with E-state index in [2.05, 4.69) is 43.4 Å². The van der Waals surface area contributed by atoms with Crippen LogP contribution in [0, 0.1) is 6.92 Å². The number of hydrogen-bond acceptors (Lipinski definition) is 2. The zero-order valence-corrected chi connectivity index (χ0v) is 11.6. The normalized spacial score (nSPS) is 19.9. The van der Waals surface area contributed by atoms with Gasteiger partial charge in [0, 0.05) is 12.6 Å². The molecule has 0 radical (unpaired) electrons. The van der Waals surface area contributed by atoms with Gasteiger partial charge in [0.1, 0.15) is 0 Å². The molecule has 2 nitrogen and oxygen atoms in total. The largest absolute Gasteiger partial charge is 0.389 e. The number of benzene rings is 1. The van der Waals surface area contributed by atoms with Crippen LogP contribution in [0.4, 0.5) is 0 Å². The summed E-state index contributed by atoms with van der Waals surface area (Å²) in [4.78, 5) is 0. The highest BCUT2D eigenvalue weighted by Gasteiger charge is 2.31. The Morgan fingerprint density at radius 3 is 2.39 bits per heavy atom. The average molecular weight is 247 g/mol. The van der Waals surface area contributed by atoms with Crippen LogP contribution in [0.1, 0.15) is 56.2 Å². The van der Waals surface area contributed by atoms with Gasteiger partial charge in [-0.15, -0.1) is 0 Å². The molecule has 0 aromatic heterocycles. The Bertz CT molecular complexity index is 365. The van der Waals surface area contributed by atoms with Gasteiger partial charge in [-0.25, -0.2) is 0 Å². The van der Waals surface area contributed by atoms with Crippen LogP contribution >= 0.6 is 0 Å². The van der Waals surface area contributed by atoms with Crippen molar-refractivity contribution < 1.29 is 5.11 Å². The summed E-state index contributed by atoms with van der Waals surface area (Å²) in [6.45, 7) is 5.02. The molecule has 0 spiro atoms. The summed E-state index contributed by atoms with van der Waals surface area (Å²) in [5.74, 6) is 0. The van der Waals surface area contributed by atoms with Gasteiger partial charge in [0.15, 0.2) is 0 Å². The highest BCUT2D eigenvalue weighted by atomic mass is 16.3. The van der Waals surface area contributed by atoms with Crippen molar-refractivity contribution in [3.8, 4) is 0 Å². The van der Waals surface area contributed by atoms with Crippen LogP contribution in [0.2, 0.25) is 0 Å². The van der Waals surface area contributed by atoms with Gasteiger partial charge in [-0.05, 0) is 31.7 Å². The van der Waals surface area contributed by atoms with Gasteiger partial charge in [-0.1, -0.05) is 49.6 Å². The highest BCUT2D eigenvalue weighted by Crippen LogP contribution is 2.29. The molecule has 1 aromatic carbocycles. The van der Waals surface area contributed by atoms with Crippen molar-refractivity contribution in [3.63, 3.8) is 0 Å². The van der Waals surface area contributed by atoms with Gasteiger partial charge >= 0.3 is 0 Å². The van der Waals surface area contributed by atoms with Crippen molar-refractivity contribution in [1.29, 1.82) is 0 Å². The van der Waals surface area contributed by atoms with Gasteiger partial charge in [0.05, 0.1) is 5.60 Å². The van der Waals surface area contributed by atoms with Crippen molar-refractivity contribution in [1.82, 2.24) is 5.32 Å². The molecule has 0 amide bonds. The van der Waals surface area contributed by atoms with Gasteiger partial charge in [0.2, 0.25) is 0 Å². The van der Waals surface area contributed by atoms with Gasteiger partial charge < -0.3 is 10.4 Å². The standard InChI is InChI=1S/C16H25NO/c1-3-15(14-8-6-13(2)7-9-14)17-12-16(18)10-4-5-11-16/h6-9,15,17-18H,3-5,10-12H2,1-2H3. The number of rotatable bonds is 5. The number of aryl methyl sites for hydroxylation is 1. The summed E-state index contributed by atoms with van der Waals surface area (Å²) >= 11 is 0. The molecule has 1 saturated carbocycles. The van der Waals surface area contributed by atoms with E-state index in [1.807, 2.05) is 0 Å². The van der Waals surface area contributed by atoms with E-state index in [9.17, 15) is 5.11 Å². The maximum atomic E-state index is 10.4. The predicted octanol–water partition coefficient (Wildman–Crippen LogP) is 3.34. The summed E-state index contributed by atoms with van der Waals surface area (Å²) < 4.78 is 0. The Kier molecular flexibility index (Phi) is 4.41. The first-order valence-corrected chi connectivity index (χ1v) is 7.15. The zero-order valence-electron chi connectivity index (χ0n) is 11.6. The summed E-state index contributed by atoms with van der Waals surface area (Å²) in [5, 5.41) is 13.9. The molecule has 0 saturated heterocycles. The monoisotopic (exact) mass is 247 g/mol.